The van der Waals surface area contributed by atoms with Gasteiger partial charge in [0.05, 0.1) is 6.54 Å². The van der Waals surface area contributed by atoms with Crippen LogP contribution in [-0.2, 0) is 5.60 Å². The lowest BCUT2D eigenvalue weighted by molar-refractivity contribution is 0.0950. The third kappa shape index (κ3) is 2.98. The van der Waals surface area contributed by atoms with Crippen LogP contribution in [0.5, 0.6) is 5.75 Å². The van der Waals surface area contributed by atoms with Crippen molar-refractivity contribution in [2.24, 2.45) is 0 Å². The number of hydrogen-bond donors (Lipinski definition) is 2. The first kappa shape index (κ1) is 16.3. The SMILES string of the molecule is CCCCCN1CC(O)(c2ccc(Br)cc2O)c2ccccc21. The molecule has 0 fully saturated rings. The second kappa shape index (κ2) is 6.54. The van der Waals surface area contributed by atoms with Gasteiger partial charge in [0.2, 0.25) is 0 Å². The molecule has 3 rings (SSSR count). The largest absolute Gasteiger partial charge is 0.508 e. The molecule has 0 saturated heterocycles. The van der Waals surface area contributed by atoms with Crippen molar-refractivity contribution in [2.45, 2.75) is 31.8 Å². The minimum Gasteiger partial charge on any atom is -0.508 e. The quantitative estimate of drug-likeness (QED) is 0.761. The average Bonchev–Trinajstić information content (AvgIpc) is 2.82. The molecule has 0 saturated carbocycles. The maximum absolute atomic E-state index is 11.4. The predicted octanol–water partition coefficient (Wildman–Crippen LogP) is 4.40. The minimum atomic E-state index is -1.17. The molecular formula is C19H22BrNO2. The number of fused-ring (bicyclic) bond motifs is 1. The van der Waals surface area contributed by atoms with Gasteiger partial charge < -0.3 is 15.1 Å². The smallest absolute Gasteiger partial charge is 0.138 e. The molecule has 1 aliphatic rings. The molecule has 1 aliphatic heterocycles. The van der Waals surface area contributed by atoms with E-state index in [-0.39, 0.29) is 5.75 Å². The van der Waals surface area contributed by atoms with E-state index in [0.29, 0.717) is 12.1 Å². The van der Waals surface area contributed by atoms with Crippen molar-refractivity contribution in [1.29, 1.82) is 0 Å². The Morgan fingerprint density at radius 3 is 2.65 bits per heavy atom. The van der Waals surface area contributed by atoms with E-state index in [1.54, 1.807) is 12.1 Å². The number of unbranched alkanes of at least 4 members (excludes halogenated alkanes) is 2. The Bertz CT molecular complexity index is 704. The first-order valence-corrected chi connectivity index (χ1v) is 8.91. The van der Waals surface area contributed by atoms with Crippen molar-refractivity contribution in [3.8, 4) is 5.75 Å². The summed E-state index contributed by atoms with van der Waals surface area (Å²) >= 11 is 3.36. The van der Waals surface area contributed by atoms with E-state index in [1.165, 1.54) is 12.8 Å². The fourth-order valence-electron chi connectivity index (χ4n) is 3.38. The van der Waals surface area contributed by atoms with Crippen molar-refractivity contribution in [2.75, 3.05) is 18.0 Å². The molecular weight excluding hydrogens is 354 g/mol. The Morgan fingerprint density at radius 1 is 1.13 bits per heavy atom. The highest BCUT2D eigenvalue weighted by molar-refractivity contribution is 9.10. The normalized spacial score (nSPS) is 19.9. The van der Waals surface area contributed by atoms with Gasteiger partial charge in [-0.1, -0.05) is 60.0 Å². The van der Waals surface area contributed by atoms with Crippen molar-refractivity contribution in [1.82, 2.24) is 0 Å². The standard InChI is InChI=1S/C19H22BrNO2/c1-2-3-6-11-21-13-19(23,15-7-4-5-8-17(15)21)16-10-9-14(20)12-18(16)22/h4-5,7-10,12,22-23H,2-3,6,11,13H2,1H3. The van der Waals surface area contributed by atoms with Gasteiger partial charge in [-0.3, -0.25) is 0 Å². The molecule has 0 amide bonds. The van der Waals surface area contributed by atoms with E-state index < -0.39 is 5.60 Å². The van der Waals surface area contributed by atoms with E-state index in [4.69, 9.17) is 0 Å². The molecule has 1 unspecified atom stereocenters. The Morgan fingerprint density at radius 2 is 1.91 bits per heavy atom. The van der Waals surface area contributed by atoms with Gasteiger partial charge in [0.1, 0.15) is 11.4 Å². The second-order valence-corrected chi connectivity index (χ2v) is 7.08. The number of rotatable bonds is 5. The summed E-state index contributed by atoms with van der Waals surface area (Å²) in [7, 11) is 0. The molecule has 2 aromatic carbocycles. The summed E-state index contributed by atoms with van der Waals surface area (Å²) in [6.07, 6.45) is 3.46. The van der Waals surface area contributed by atoms with E-state index >= 15 is 0 Å². The number of aliphatic hydroxyl groups is 1. The average molecular weight is 376 g/mol. The Balaban J connectivity index is 1.99. The predicted molar refractivity (Wildman–Crippen MR) is 97.0 cm³/mol. The van der Waals surface area contributed by atoms with Crippen molar-refractivity contribution in [3.05, 3.63) is 58.1 Å². The highest BCUT2D eigenvalue weighted by Crippen LogP contribution is 2.46. The number of anilines is 1. The van der Waals surface area contributed by atoms with Crippen LogP contribution in [0.3, 0.4) is 0 Å². The molecule has 122 valence electrons. The minimum absolute atomic E-state index is 0.118. The zero-order valence-electron chi connectivity index (χ0n) is 13.3. The third-order valence-corrected chi connectivity index (χ3v) is 5.04. The Hall–Kier alpha value is -1.52. The maximum atomic E-state index is 11.4. The molecule has 0 aromatic heterocycles. The number of nitrogens with zero attached hydrogens (tertiary/aromatic N) is 1. The number of benzene rings is 2. The highest BCUT2D eigenvalue weighted by Gasteiger charge is 2.43. The summed E-state index contributed by atoms with van der Waals surface area (Å²) in [5.41, 5.74) is 1.32. The van der Waals surface area contributed by atoms with Crippen LogP contribution < -0.4 is 4.90 Å². The van der Waals surface area contributed by atoms with Crippen LogP contribution >= 0.6 is 15.9 Å². The first-order chi connectivity index (χ1) is 11.1. The topological polar surface area (TPSA) is 43.7 Å². The summed E-state index contributed by atoms with van der Waals surface area (Å²) in [5.74, 6) is 0.118. The van der Waals surface area contributed by atoms with Crippen molar-refractivity contribution in [3.63, 3.8) is 0 Å². The van der Waals surface area contributed by atoms with E-state index in [1.807, 2.05) is 24.3 Å². The van der Waals surface area contributed by atoms with Crippen LogP contribution in [0.25, 0.3) is 0 Å². The van der Waals surface area contributed by atoms with Gasteiger partial charge in [-0.05, 0) is 24.6 Å². The summed E-state index contributed by atoms with van der Waals surface area (Å²) < 4.78 is 0.799. The van der Waals surface area contributed by atoms with E-state index in [2.05, 4.69) is 33.8 Å². The van der Waals surface area contributed by atoms with E-state index in [9.17, 15) is 10.2 Å². The summed E-state index contributed by atoms with van der Waals surface area (Å²) in [4.78, 5) is 2.23. The molecule has 2 N–H and O–H groups in total. The van der Waals surface area contributed by atoms with Gasteiger partial charge in [-0.25, -0.2) is 0 Å². The number of para-hydroxylation sites is 1. The molecule has 23 heavy (non-hydrogen) atoms. The van der Waals surface area contributed by atoms with Gasteiger partial charge in [-0.2, -0.15) is 0 Å². The molecule has 0 spiro atoms. The fourth-order valence-corrected chi connectivity index (χ4v) is 3.73. The van der Waals surface area contributed by atoms with Crippen molar-refractivity contribution < 1.29 is 10.2 Å². The fraction of sp³-hybridized carbons (Fsp3) is 0.368. The van der Waals surface area contributed by atoms with E-state index in [0.717, 1.165) is 28.7 Å². The number of aromatic hydroxyl groups is 1. The van der Waals surface area contributed by atoms with Gasteiger partial charge in [-0.15, -0.1) is 0 Å². The first-order valence-electron chi connectivity index (χ1n) is 8.12. The zero-order valence-corrected chi connectivity index (χ0v) is 14.9. The molecule has 4 heteroatoms. The van der Waals surface area contributed by atoms with Crippen LogP contribution in [-0.4, -0.2) is 23.3 Å². The van der Waals surface area contributed by atoms with Gasteiger partial charge in [0, 0.05) is 27.8 Å². The highest BCUT2D eigenvalue weighted by atomic mass is 79.9. The number of β-amino-alcohol motifs (C(OH)–C–C–N with tert-alkyl or cyclic N) is 1. The molecule has 0 bridgehead atoms. The summed E-state index contributed by atoms with van der Waals surface area (Å²) in [5, 5.41) is 21.7. The molecule has 0 radical (unpaired) electrons. The van der Waals surface area contributed by atoms with Gasteiger partial charge in [0.15, 0.2) is 0 Å². The number of halogens is 1. The second-order valence-electron chi connectivity index (χ2n) is 6.17. The number of phenols is 1. The van der Waals surface area contributed by atoms with Gasteiger partial charge in [0.25, 0.3) is 0 Å². The third-order valence-electron chi connectivity index (χ3n) is 4.55. The van der Waals surface area contributed by atoms with Crippen LogP contribution in [0.2, 0.25) is 0 Å². The molecule has 1 atom stereocenters. The van der Waals surface area contributed by atoms with Crippen molar-refractivity contribution >= 4 is 21.6 Å². The maximum Gasteiger partial charge on any atom is 0.138 e. The van der Waals surface area contributed by atoms with Gasteiger partial charge >= 0.3 is 0 Å². The Kier molecular flexibility index (Phi) is 4.64. The summed E-state index contributed by atoms with van der Waals surface area (Å²) in [6.45, 7) is 3.59. The lowest BCUT2D eigenvalue weighted by atomic mass is 9.87. The molecule has 2 aromatic rings. The lowest BCUT2D eigenvalue weighted by Crippen LogP contribution is -2.35. The number of hydrogen-bond acceptors (Lipinski definition) is 3. The monoisotopic (exact) mass is 375 g/mol. The summed E-state index contributed by atoms with van der Waals surface area (Å²) in [6, 6.07) is 13.2. The zero-order chi connectivity index (χ0) is 16.4. The molecule has 1 heterocycles. The molecule has 0 aliphatic carbocycles. The van der Waals surface area contributed by atoms with Crippen LogP contribution in [0, 0.1) is 0 Å². The van der Waals surface area contributed by atoms with Crippen LogP contribution in [0.15, 0.2) is 46.9 Å². The van der Waals surface area contributed by atoms with Crippen LogP contribution in [0.1, 0.15) is 37.3 Å². The lowest BCUT2D eigenvalue weighted by Gasteiger charge is -2.26. The van der Waals surface area contributed by atoms with Crippen LogP contribution in [0.4, 0.5) is 5.69 Å². The number of phenolic OH excluding ortho intramolecular Hbond substituents is 1. The molecule has 3 nitrogen and oxygen atoms in total. The Labute approximate surface area is 145 Å².